The Bertz CT molecular complexity index is 448. The molecule has 0 saturated carbocycles. The molecule has 2 fully saturated rings. The topological polar surface area (TPSA) is 60.6 Å². The van der Waals surface area contributed by atoms with Crippen LogP contribution in [-0.2, 0) is 16.0 Å². The van der Waals surface area contributed by atoms with E-state index in [9.17, 15) is 0 Å². The van der Waals surface area contributed by atoms with E-state index in [1.54, 1.807) is 0 Å². The highest BCUT2D eigenvalue weighted by molar-refractivity contribution is 5.43. The number of anilines is 1. The molecule has 1 aromatic heterocycles. The predicted octanol–water partition coefficient (Wildman–Crippen LogP) is 1.19. The average molecular weight is 263 g/mol. The molecule has 0 atom stereocenters. The van der Waals surface area contributed by atoms with E-state index in [-0.39, 0.29) is 5.79 Å². The number of ether oxygens (including phenoxy) is 2. The van der Waals surface area contributed by atoms with E-state index in [4.69, 9.17) is 15.2 Å². The Morgan fingerprint density at radius 2 is 1.95 bits per heavy atom. The van der Waals surface area contributed by atoms with Gasteiger partial charge < -0.3 is 20.1 Å². The van der Waals surface area contributed by atoms with Crippen molar-refractivity contribution in [1.82, 2.24) is 4.98 Å². The van der Waals surface area contributed by atoms with Gasteiger partial charge in [0.2, 0.25) is 0 Å². The lowest BCUT2D eigenvalue weighted by molar-refractivity contribution is -0.169. The normalized spacial score (nSPS) is 22.1. The lowest BCUT2D eigenvalue weighted by Crippen LogP contribution is -2.45. The lowest BCUT2D eigenvalue weighted by Gasteiger charge is -2.38. The van der Waals surface area contributed by atoms with E-state index < -0.39 is 0 Å². The van der Waals surface area contributed by atoms with Crippen LogP contribution in [0.5, 0.6) is 0 Å². The van der Waals surface area contributed by atoms with Crippen molar-refractivity contribution in [2.24, 2.45) is 5.73 Å². The molecular formula is C14H21N3O2. The number of aromatic nitrogens is 1. The fourth-order valence-electron chi connectivity index (χ4n) is 2.86. The second-order valence-corrected chi connectivity index (χ2v) is 5.27. The first-order valence-electron chi connectivity index (χ1n) is 6.91. The van der Waals surface area contributed by atoms with Gasteiger partial charge >= 0.3 is 0 Å². The van der Waals surface area contributed by atoms with E-state index in [1.165, 1.54) is 0 Å². The lowest BCUT2D eigenvalue weighted by atomic mass is 10.0. The minimum absolute atomic E-state index is 0.322. The van der Waals surface area contributed by atoms with Gasteiger partial charge in [-0.25, -0.2) is 4.98 Å². The molecule has 104 valence electrons. The molecule has 5 nitrogen and oxygen atoms in total. The summed E-state index contributed by atoms with van der Waals surface area (Å²) < 4.78 is 11.5. The van der Waals surface area contributed by atoms with Gasteiger partial charge in [0.1, 0.15) is 5.82 Å². The van der Waals surface area contributed by atoms with Crippen LogP contribution in [0.2, 0.25) is 0 Å². The van der Waals surface area contributed by atoms with E-state index in [0.717, 1.165) is 56.2 Å². The molecule has 1 aromatic rings. The van der Waals surface area contributed by atoms with Crippen LogP contribution in [0.3, 0.4) is 0 Å². The zero-order chi connectivity index (χ0) is 13.3. The van der Waals surface area contributed by atoms with Crippen LogP contribution in [0.4, 0.5) is 5.82 Å². The van der Waals surface area contributed by atoms with E-state index >= 15 is 0 Å². The van der Waals surface area contributed by atoms with Gasteiger partial charge in [-0.05, 0) is 24.6 Å². The first-order valence-corrected chi connectivity index (χ1v) is 6.91. The zero-order valence-corrected chi connectivity index (χ0v) is 11.4. The molecule has 5 heteroatoms. The molecule has 19 heavy (non-hydrogen) atoms. The Kier molecular flexibility index (Phi) is 3.43. The predicted molar refractivity (Wildman–Crippen MR) is 72.9 cm³/mol. The molecule has 2 saturated heterocycles. The van der Waals surface area contributed by atoms with Gasteiger partial charge in [0.25, 0.3) is 0 Å². The van der Waals surface area contributed by atoms with Crippen LogP contribution in [0.25, 0.3) is 0 Å². The van der Waals surface area contributed by atoms with Crippen LogP contribution >= 0.6 is 0 Å². The van der Waals surface area contributed by atoms with Gasteiger partial charge in [-0.1, -0.05) is 0 Å². The number of hydrogen-bond acceptors (Lipinski definition) is 5. The summed E-state index contributed by atoms with van der Waals surface area (Å²) in [5.41, 5.74) is 7.88. The number of nitrogens with zero attached hydrogens (tertiary/aromatic N) is 2. The van der Waals surface area contributed by atoms with Gasteiger partial charge in [-0.2, -0.15) is 0 Å². The maximum Gasteiger partial charge on any atom is 0.171 e. The first-order chi connectivity index (χ1) is 9.21. The van der Waals surface area contributed by atoms with Gasteiger partial charge in [-0.15, -0.1) is 0 Å². The maximum absolute atomic E-state index is 5.74. The standard InChI is InChI=1S/C14H21N3O2/c1-11-8-12(10-15)9-13(16-11)17-4-2-14(3-5-17)18-6-7-19-14/h8-9H,2-7,10,15H2,1H3. The SMILES string of the molecule is Cc1cc(CN)cc(N2CCC3(CC2)OCCO3)n1. The van der Waals surface area contributed by atoms with Crippen molar-refractivity contribution >= 4 is 5.82 Å². The van der Waals surface area contributed by atoms with E-state index in [1.807, 2.05) is 13.0 Å². The molecule has 2 N–H and O–H groups in total. The molecule has 3 rings (SSSR count). The number of rotatable bonds is 2. The van der Waals surface area contributed by atoms with Crippen molar-refractivity contribution < 1.29 is 9.47 Å². The molecule has 2 aliphatic rings. The fourth-order valence-corrected chi connectivity index (χ4v) is 2.86. The van der Waals surface area contributed by atoms with Crippen LogP contribution in [0.15, 0.2) is 12.1 Å². The first kappa shape index (κ1) is 12.8. The quantitative estimate of drug-likeness (QED) is 0.868. The van der Waals surface area contributed by atoms with E-state index in [2.05, 4.69) is 16.0 Å². The summed E-state index contributed by atoms with van der Waals surface area (Å²) in [6, 6.07) is 4.12. The molecule has 0 unspecified atom stereocenters. The Morgan fingerprint density at radius 3 is 2.58 bits per heavy atom. The number of hydrogen-bond donors (Lipinski definition) is 1. The van der Waals surface area contributed by atoms with Crippen molar-refractivity contribution in [3.05, 3.63) is 23.4 Å². The molecule has 3 heterocycles. The summed E-state index contributed by atoms with van der Waals surface area (Å²) >= 11 is 0. The number of nitrogens with two attached hydrogens (primary N) is 1. The minimum Gasteiger partial charge on any atom is -0.356 e. The molecule has 0 radical (unpaired) electrons. The third-order valence-electron chi connectivity index (χ3n) is 3.90. The molecule has 2 aliphatic heterocycles. The summed E-state index contributed by atoms with van der Waals surface area (Å²) in [4.78, 5) is 6.90. The highest BCUT2D eigenvalue weighted by Gasteiger charge is 2.40. The van der Waals surface area contributed by atoms with Gasteiger partial charge in [0, 0.05) is 38.2 Å². The Hall–Kier alpha value is -1.17. The minimum atomic E-state index is -0.322. The number of pyridine rings is 1. The van der Waals surface area contributed by atoms with Crippen LogP contribution in [-0.4, -0.2) is 37.1 Å². The third kappa shape index (κ3) is 2.59. The second kappa shape index (κ2) is 5.07. The highest BCUT2D eigenvalue weighted by atomic mass is 16.7. The summed E-state index contributed by atoms with van der Waals surface area (Å²) in [6.07, 6.45) is 1.81. The number of piperidine rings is 1. The second-order valence-electron chi connectivity index (χ2n) is 5.27. The third-order valence-corrected chi connectivity index (χ3v) is 3.90. The number of aryl methyl sites for hydroxylation is 1. The molecule has 0 amide bonds. The largest absolute Gasteiger partial charge is 0.356 e. The summed E-state index contributed by atoms with van der Waals surface area (Å²) in [5, 5.41) is 0. The van der Waals surface area contributed by atoms with Crippen molar-refractivity contribution in [3.8, 4) is 0 Å². The van der Waals surface area contributed by atoms with Gasteiger partial charge in [0.05, 0.1) is 13.2 Å². The molecule has 0 bridgehead atoms. The van der Waals surface area contributed by atoms with Crippen LogP contribution in [0, 0.1) is 6.92 Å². The van der Waals surface area contributed by atoms with Crippen molar-refractivity contribution in [1.29, 1.82) is 0 Å². The molecule has 1 spiro atoms. The Balaban J connectivity index is 1.72. The van der Waals surface area contributed by atoms with Crippen molar-refractivity contribution in [2.45, 2.75) is 32.1 Å². The monoisotopic (exact) mass is 263 g/mol. The molecule has 0 aliphatic carbocycles. The maximum atomic E-state index is 5.74. The Morgan fingerprint density at radius 1 is 1.26 bits per heavy atom. The van der Waals surface area contributed by atoms with Gasteiger partial charge in [0.15, 0.2) is 5.79 Å². The molecular weight excluding hydrogens is 242 g/mol. The van der Waals surface area contributed by atoms with E-state index in [0.29, 0.717) is 6.54 Å². The molecule has 0 aromatic carbocycles. The smallest absolute Gasteiger partial charge is 0.171 e. The summed E-state index contributed by atoms with van der Waals surface area (Å²) in [5.74, 6) is 0.699. The van der Waals surface area contributed by atoms with Gasteiger partial charge in [-0.3, -0.25) is 0 Å². The summed E-state index contributed by atoms with van der Waals surface area (Å²) in [7, 11) is 0. The summed E-state index contributed by atoms with van der Waals surface area (Å²) in [6.45, 7) is 5.85. The highest BCUT2D eigenvalue weighted by Crippen LogP contribution is 2.32. The fraction of sp³-hybridized carbons (Fsp3) is 0.643. The van der Waals surface area contributed by atoms with Crippen LogP contribution < -0.4 is 10.6 Å². The zero-order valence-electron chi connectivity index (χ0n) is 11.4. The average Bonchev–Trinajstić information content (AvgIpc) is 2.87. The van der Waals surface area contributed by atoms with Crippen LogP contribution in [0.1, 0.15) is 24.1 Å². The Labute approximate surface area is 113 Å². The van der Waals surface area contributed by atoms with Crippen molar-refractivity contribution in [3.63, 3.8) is 0 Å². The van der Waals surface area contributed by atoms with Crippen molar-refractivity contribution in [2.75, 3.05) is 31.2 Å².